The van der Waals surface area contributed by atoms with Crippen LogP contribution in [0, 0.1) is 12.7 Å². The normalized spacial score (nSPS) is 22.6. The van der Waals surface area contributed by atoms with Crippen LogP contribution in [0.25, 0.3) is 0 Å². The number of thioether (sulfide) groups is 1. The summed E-state index contributed by atoms with van der Waals surface area (Å²) in [7, 11) is 0. The van der Waals surface area contributed by atoms with Crippen LogP contribution in [0.1, 0.15) is 22.7 Å². The molecule has 20 heavy (non-hydrogen) atoms. The molecule has 1 aliphatic rings. The number of carbonyl (C=O) groups excluding carboxylic acids is 1. The number of anilines is 1. The molecule has 3 nitrogen and oxygen atoms in total. The fourth-order valence-corrected chi connectivity index (χ4v) is 4.24. The first-order valence-corrected chi connectivity index (χ1v) is 7.98. The van der Waals surface area contributed by atoms with Gasteiger partial charge in [0.05, 0.1) is 5.25 Å². The van der Waals surface area contributed by atoms with Gasteiger partial charge in [-0.3, -0.25) is 9.69 Å². The molecule has 1 aromatic carbocycles. The highest BCUT2D eigenvalue weighted by atomic mass is 32.2. The Hall–Kier alpha value is -1.40. The highest BCUT2D eigenvalue weighted by Crippen LogP contribution is 2.46. The number of thiazole rings is 1. The predicted octanol–water partition coefficient (Wildman–Crippen LogP) is 3.76. The summed E-state index contributed by atoms with van der Waals surface area (Å²) in [5, 5.41) is 0.455. The Balaban J connectivity index is 2.00. The minimum absolute atomic E-state index is 0.0543. The molecule has 1 aromatic heterocycles. The standard InChI is InChI=1S/C14H13FN2OS2/c1-8-7-16-14(19-8)17-12(18)9(2)20-13(17)10-3-5-11(15)6-4-10/h3-7,9,13H,1-2H3/t9-,13+/m0/s1. The lowest BCUT2D eigenvalue weighted by atomic mass is 10.2. The average molecular weight is 308 g/mol. The van der Waals surface area contributed by atoms with Crippen LogP contribution in [-0.4, -0.2) is 16.1 Å². The van der Waals surface area contributed by atoms with Gasteiger partial charge >= 0.3 is 0 Å². The van der Waals surface area contributed by atoms with Gasteiger partial charge in [0, 0.05) is 11.1 Å². The molecule has 0 bridgehead atoms. The van der Waals surface area contributed by atoms with Gasteiger partial charge < -0.3 is 0 Å². The van der Waals surface area contributed by atoms with E-state index in [9.17, 15) is 9.18 Å². The molecule has 1 saturated heterocycles. The predicted molar refractivity (Wildman–Crippen MR) is 80.5 cm³/mol. The number of nitrogens with zero attached hydrogens (tertiary/aromatic N) is 2. The molecular formula is C14H13FN2OS2. The largest absolute Gasteiger partial charge is 0.273 e. The van der Waals surface area contributed by atoms with Crippen LogP contribution in [0.5, 0.6) is 0 Å². The van der Waals surface area contributed by atoms with Crippen molar-refractivity contribution >= 4 is 34.1 Å². The molecule has 2 aromatic rings. The fraction of sp³-hybridized carbons (Fsp3) is 0.286. The molecule has 0 spiro atoms. The lowest BCUT2D eigenvalue weighted by Gasteiger charge is -2.21. The minimum atomic E-state index is -0.271. The Bertz CT molecular complexity index is 641. The summed E-state index contributed by atoms with van der Waals surface area (Å²) in [6.45, 7) is 3.86. The van der Waals surface area contributed by atoms with Crippen LogP contribution < -0.4 is 4.90 Å². The number of aryl methyl sites for hydroxylation is 1. The summed E-state index contributed by atoms with van der Waals surface area (Å²) >= 11 is 3.06. The number of rotatable bonds is 2. The van der Waals surface area contributed by atoms with Gasteiger partial charge in [-0.2, -0.15) is 0 Å². The van der Waals surface area contributed by atoms with Gasteiger partial charge in [0.25, 0.3) is 0 Å². The number of amides is 1. The Labute approximate surface area is 124 Å². The maximum absolute atomic E-state index is 13.1. The van der Waals surface area contributed by atoms with E-state index >= 15 is 0 Å². The smallest absolute Gasteiger partial charge is 0.242 e. The van der Waals surface area contributed by atoms with Crippen molar-refractivity contribution in [3.05, 3.63) is 46.7 Å². The molecule has 3 rings (SSSR count). The summed E-state index contributed by atoms with van der Waals surface area (Å²) in [6, 6.07) is 6.31. The fourth-order valence-electron chi connectivity index (χ4n) is 2.13. The minimum Gasteiger partial charge on any atom is -0.273 e. The van der Waals surface area contributed by atoms with Gasteiger partial charge in [-0.1, -0.05) is 12.1 Å². The highest BCUT2D eigenvalue weighted by molar-refractivity contribution is 8.01. The number of hydrogen-bond acceptors (Lipinski definition) is 4. The van der Waals surface area contributed by atoms with Crippen molar-refractivity contribution in [3.8, 4) is 0 Å². The highest BCUT2D eigenvalue weighted by Gasteiger charge is 2.40. The number of benzene rings is 1. The topological polar surface area (TPSA) is 33.2 Å². The van der Waals surface area contributed by atoms with Crippen molar-refractivity contribution in [2.45, 2.75) is 24.5 Å². The molecule has 1 amide bonds. The monoisotopic (exact) mass is 308 g/mol. The van der Waals surface area contributed by atoms with E-state index in [4.69, 9.17) is 0 Å². The van der Waals surface area contributed by atoms with Crippen molar-refractivity contribution in [1.82, 2.24) is 4.98 Å². The molecule has 104 valence electrons. The molecule has 2 heterocycles. The lowest BCUT2D eigenvalue weighted by Crippen LogP contribution is -2.29. The Morgan fingerprint density at radius 1 is 1.30 bits per heavy atom. The van der Waals surface area contributed by atoms with Gasteiger partial charge in [-0.25, -0.2) is 9.37 Å². The van der Waals surface area contributed by atoms with Gasteiger partial charge in [0.1, 0.15) is 11.2 Å². The summed E-state index contributed by atoms with van der Waals surface area (Å²) in [5.41, 5.74) is 0.918. The molecule has 0 radical (unpaired) electrons. The van der Waals surface area contributed by atoms with Crippen molar-refractivity contribution in [1.29, 1.82) is 0 Å². The molecule has 2 atom stereocenters. The Morgan fingerprint density at radius 2 is 2.00 bits per heavy atom. The molecule has 1 aliphatic heterocycles. The lowest BCUT2D eigenvalue weighted by molar-refractivity contribution is -0.117. The average Bonchev–Trinajstić information content (AvgIpc) is 2.96. The maximum Gasteiger partial charge on any atom is 0.242 e. The van der Waals surface area contributed by atoms with Crippen LogP contribution in [0.2, 0.25) is 0 Å². The van der Waals surface area contributed by atoms with E-state index in [2.05, 4.69) is 4.98 Å². The van der Waals surface area contributed by atoms with E-state index in [1.807, 2.05) is 13.8 Å². The van der Waals surface area contributed by atoms with E-state index < -0.39 is 0 Å². The number of carbonyl (C=O) groups is 1. The van der Waals surface area contributed by atoms with E-state index in [-0.39, 0.29) is 22.3 Å². The van der Waals surface area contributed by atoms with Gasteiger partial charge in [0.15, 0.2) is 5.13 Å². The maximum atomic E-state index is 13.1. The van der Waals surface area contributed by atoms with Crippen LogP contribution in [0.3, 0.4) is 0 Å². The van der Waals surface area contributed by atoms with Gasteiger partial charge in [0.2, 0.25) is 5.91 Å². The summed E-state index contributed by atoms with van der Waals surface area (Å²) in [4.78, 5) is 19.5. The first-order chi connectivity index (χ1) is 9.56. The second-order valence-corrected chi connectivity index (χ2v) is 7.28. The quantitative estimate of drug-likeness (QED) is 0.847. The van der Waals surface area contributed by atoms with Crippen molar-refractivity contribution < 1.29 is 9.18 Å². The zero-order valence-corrected chi connectivity index (χ0v) is 12.7. The van der Waals surface area contributed by atoms with Crippen molar-refractivity contribution in [2.24, 2.45) is 0 Å². The van der Waals surface area contributed by atoms with E-state index in [1.165, 1.54) is 23.5 Å². The molecule has 0 unspecified atom stereocenters. The van der Waals surface area contributed by atoms with Crippen LogP contribution in [0.4, 0.5) is 9.52 Å². The van der Waals surface area contributed by atoms with E-state index in [0.717, 1.165) is 10.4 Å². The van der Waals surface area contributed by atoms with Crippen LogP contribution in [0.15, 0.2) is 30.5 Å². The molecule has 6 heteroatoms. The van der Waals surface area contributed by atoms with E-state index in [1.54, 1.807) is 35.0 Å². The van der Waals surface area contributed by atoms with Crippen LogP contribution in [-0.2, 0) is 4.79 Å². The van der Waals surface area contributed by atoms with E-state index in [0.29, 0.717) is 5.13 Å². The molecule has 0 aliphatic carbocycles. The molecular weight excluding hydrogens is 295 g/mol. The van der Waals surface area contributed by atoms with Gasteiger partial charge in [-0.05, 0) is 31.5 Å². The van der Waals surface area contributed by atoms with Crippen molar-refractivity contribution in [2.75, 3.05) is 4.90 Å². The van der Waals surface area contributed by atoms with Crippen molar-refractivity contribution in [3.63, 3.8) is 0 Å². The third kappa shape index (κ3) is 2.33. The number of hydrogen-bond donors (Lipinski definition) is 0. The number of halogens is 1. The Morgan fingerprint density at radius 3 is 2.60 bits per heavy atom. The molecule has 0 saturated carbocycles. The third-order valence-corrected chi connectivity index (χ3v) is 5.39. The SMILES string of the molecule is Cc1cnc(N2C(=O)[C@H](C)S[C@@H]2c2ccc(F)cc2)s1. The first kappa shape index (κ1) is 13.6. The first-order valence-electron chi connectivity index (χ1n) is 6.22. The second-order valence-electron chi connectivity index (χ2n) is 4.64. The zero-order chi connectivity index (χ0) is 14.3. The third-order valence-electron chi connectivity index (χ3n) is 3.12. The molecule has 0 N–H and O–H groups in total. The van der Waals surface area contributed by atoms with Gasteiger partial charge in [-0.15, -0.1) is 23.1 Å². The summed E-state index contributed by atoms with van der Waals surface area (Å²) in [6.07, 6.45) is 1.77. The summed E-state index contributed by atoms with van der Waals surface area (Å²) < 4.78 is 13.1. The molecule has 1 fully saturated rings. The zero-order valence-electron chi connectivity index (χ0n) is 11.0. The Kier molecular flexibility index (Phi) is 3.52. The summed E-state index contributed by atoms with van der Waals surface area (Å²) in [5.74, 6) is -0.216. The second kappa shape index (κ2) is 5.18. The van der Waals surface area contributed by atoms with Crippen LogP contribution >= 0.6 is 23.1 Å². The number of aromatic nitrogens is 1.